The van der Waals surface area contributed by atoms with Crippen LogP contribution in [0.25, 0.3) is 11.3 Å². The zero-order valence-electron chi connectivity index (χ0n) is 9.05. The molecule has 0 atom stereocenters. The molecule has 0 aliphatic carbocycles. The average molecular weight is 337 g/mol. The van der Waals surface area contributed by atoms with Crippen molar-refractivity contribution in [1.82, 2.24) is 9.97 Å². The summed E-state index contributed by atoms with van der Waals surface area (Å²) in [5, 5.41) is 0. The highest BCUT2D eigenvalue weighted by Gasteiger charge is 2.34. The molecule has 0 saturated carbocycles. The Kier molecular flexibility index (Phi) is 3.44. The fraction of sp³-hybridized carbons (Fsp3) is 0.0909. The van der Waals surface area contributed by atoms with Gasteiger partial charge in [-0.05, 0) is 34.1 Å². The van der Waals surface area contributed by atoms with Crippen LogP contribution in [0.15, 0.2) is 22.8 Å². The van der Waals surface area contributed by atoms with Gasteiger partial charge >= 0.3 is 6.18 Å². The van der Waals surface area contributed by atoms with Gasteiger partial charge in [-0.1, -0.05) is 0 Å². The van der Waals surface area contributed by atoms with Crippen LogP contribution in [0.2, 0.25) is 0 Å². The van der Waals surface area contributed by atoms with Gasteiger partial charge in [-0.15, -0.1) is 0 Å². The number of aromatic amines is 1. The SMILES string of the molecule is O=Cc1nc(-c2ccc(F)c(C(F)(F)F)c2)c(Br)[nH]1. The van der Waals surface area contributed by atoms with E-state index in [4.69, 9.17) is 0 Å². The van der Waals surface area contributed by atoms with Crippen molar-refractivity contribution in [3.05, 3.63) is 40.0 Å². The van der Waals surface area contributed by atoms with Gasteiger partial charge in [0.1, 0.15) is 16.1 Å². The number of nitrogens with one attached hydrogen (secondary N) is 1. The first kappa shape index (κ1) is 13.7. The van der Waals surface area contributed by atoms with Gasteiger partial charge in [-0.3, -0.25) is 4.79 Å². The second-order valence-corrected chi connectivity index (χ2v) is 4.39. The van der Waals surface area contributed by atoms with Crippen molar-refractivity contribution in [3.8, 4) is 11.3 Å². The van der Waals surface area contributed by atoms with Crippen molar-refractivity contribution in [1.29, 1.82) is 0 Å². The number of hydrogen-bond acceptors (Lipinski definition) is 2. The fourth-order valence-electron chi connectivity index (χ4n) is 1.51. The number of aromatic nitrogens is 2. The summed E-state index contributed by atoms with van der Waals surface area (Å²) in [7, 11) is 0. The zero-order chi connectivity index (χ0) is 14.2. The fourth-order valence-corrected chi connectivity index (χ4v) is 2.03. The topological polar surface area (TPSA) is 45.8 Å². The number of carbonyl (C=O) groups is 1. The molecule has 3 nitrogen and oxygen atoms in total. The summed E-state index contributed by atoms with van der Waals surface area (Å²) in [4.78, 5) is 16.8. The third-order valence-corrected chi connectivity index (χ3v) is 2.91. The van der Waals surface area contributed by atoms with Gasteiger partial charge in [0.2, 0.25) is 0 Å². The van der Waals surface area contributed by atoms with Crippen molar-refractivity contribution in [2.75, 3.05) is 0 Å². The van der Waals surface area contributed by atoms with Crippen molar-refractivity contribution < 1.29 is 22.4 Å². The molecule has 0 radical (unpaired) electrons. The van der Waals surface area contributed by atoms with Crippen molar-refractivity contribution >= 4 is 22.2 Å². The van der Waals surface area contributed by atoms with Gasteiger partial charge in [0.15, 0.2) is 12.1 Å². The normalized spacial score (nSPS) is 11.6. The van der Waals surface area contributed by atoms with Gasteiger partial charge in [0.05, 0.1) is 5.56 Å². The number of rotatable bonds is 2. The Labute approximate surface area is 112 Å². The van der Waals surface area contributed by atoms with Crippen LogP contribution in [0.1, 0.15) is 16.2 Å². The molecule has 2 aromatic rings. The number of benzene rings is 1. The summed E-state index contributed by atoms with van der Waals surface area (Å²) < 4.78 is 51.1. The molecule has 1 heterocycles. The quantitative estimate of drug-likeness (QED) is 0.669. The van der Waals surface area contributed by atoms with E-state index in [0.717, 1.165) is 6.07 Å². The third-order valence-electron chi connectivity index (χ3n) is 2.33. The Morgan fingerprint density at radius 2 is 2.00 bits per heavy atom. The number of imidazole rings is 1. The zero-order valence-corrected chi connectivity index (χ0v) is 10.6. The maximum absolute atomic E-state index is 13.1. The molecule has 0 fully saturated rings. The van der Waals surface area contributed by atoms with Gasteiger partial charge in [0.25, 0.3) is 0 Å². The summed E-state index contributed by atoms with van der Waals surface area (Å²) in [6, 6.07) is 2.50. The van der Waals surface area contributed by atoms with Gasteiger partial charge in [0, 0.05) is 5.56 Å². The number of H-pyrrole nitrogens is 1. The highest BCUT2D eigenvalue weighted by Crippen LogP contribution is 2.35. The van der Waals surface area contributed by atoms with E-state index in [1.54, 1.807) is 0 Å². The molecule has 0 aliphatic rings. The lowest BCUT2D eigenvalue weighted by Crippen LogP contribution is -2.08. The van der Waals surface area contributed by atoms with Gasteiger partial charge in [-0.2, -0.15) is 13.2 Å². The van der Waals surface area contributed by atoms with Crippen LogP contribution in [0, 0.1) is 5.82 Å². The second-order valence-electron chi connectivity index (χ2n) is 3.59. The summed E-state index contributed by atoms with van der Waals surface area (Å²) in [6.07, 6.45) is -4.38. The van der Waals surface area contributed by atoms with E-state index >= 15 is 0 Å². The van der Waals surface area contributed by atoms with Crippen LogP contribution in [-0.4, -0.2) is 16.3 Å². The Balaban J connectivity index is 2.57. The van der Waals surface area contributed by atoms with Crippen LogP contribution < -0.4 is 0 Å². The molecular formula is C11H5BrF4N2O. The first-order valence-electron chi connectivity index (χ1n) is 4.90. The predicted molar refractivity (Wildman–Crippen MR) is 62.1 cm³/mol. The molecule has 1 aromatic heterocycles. The molecule has 8 heteroatoms. The van der Waals surface area contributed by atoms with E-state index in [0.29, 0.717) is 18.4 Å². The molecule has 0 aliphatic heterocycles. The largest absolute Gasteiger partial charge is 0.419 e. The number of aldehydes is 1. The number of alkyl halides is 3. The standard InChI is InChI=1S/C11H5BrF4N2O/c12-10-9(17-8(4-19)18-10)5-1-2-7(13)6(3-5)11(14,15)16/h1-4H,(H,17,18). The lowest BCUT2D eigenvalue weighted by Gasteiger charge is -2.09. The maximum Gasteiger partial charge on any atom is 0.419 e. The minimum absolute atomic E-state index is 0.0419. The van der Waals surface area contributed by atoms with Crippen molar-refractivity contribution in [2.45, 2.75) is 6.18 Å². The molecule has 100 valence electrons. The highest BCUT2D eigenvalue weighted by atomic mass is 79.9. The van der Waals surface area contributed by atoms with E-state index < -0.39 is 17.6 Å². The smallest absolute Gasteiger partial charge is 0.330 e. The molecule has 2 rings (SSSR count). The van der Waals surface area contributed by atoms with E-state index in [1.807, 2.05) is 0 Å². The summed E-state index contributed by atoms with van der Waals surface area (Å²) >= 11 is 3.04. The van der Waals surface area contributed by atoms with Crippen molar-refractivity contribution in [3.63, 3.8) is 0 Å². The number of carbonyl (C=O) groups excluding carboxylic acids is 1. The van der Waals surface area contributed by atoms with Crippen LogP contribution in [0.4, 0.5) is 17.6 Å². The summed E-state index contributed by atoms with van der Waals surface area (Å²) in [6.45, 7) is 0. The predicted octanol–water partition coefficient (Wildman–Crippen LogP) is 3.81. The number of halogens is 5. The van der Waals surface area contributed by atoms with Gasteiger partial charge in [-0.25, -0.2) is 9.37 Å². The average Bonchev–Trinajstić information content (AvgIpc) is 2.70. The van der Waals surface area contributed by atoms with E-state index in [9.17, 15) is 22.4 Å². The Hall–Kier alpha value is -1.70. The number of nitrogens with zero attached hydrogens (tertiary/aromatic N) is 1. The lowest BCUT2D eigenvalue weighted by atomic mass is 10.1. The van der Waals surface area contributed by atoms with E-state index in [1.165, 1.54) is 0 Å². The van der Waals surface area contributed by atoms with Crippen molar-refractivity contribution in [2.24, 2.45) is 0 Å². The minimum Gasteiger partial charge on any atom is -0.330 e. The Bertz CT molecular complexity index is 636. The molecule has 0 spiro atoms. The maximum atomic E-state index is 13.1. The van der Waals surface area contributed by atoms with Crippen LogP contribution in [0.5, 0.6) is 0 Å². The first-order valence-corrected chi connectivity index (χ1v) is 5.70. The molecule has 0 saturated heterocycles. The Morgan fingerprint density at radius 1 is 1.32 bits per heavy atom. The van der Waals surface area contributed by atoms with Crippen LogP contribution >= 0.6 is 15.9 Å². The summed E-state index contributed by atoms with van der Waals surface area (Å²) in [5.41, 5.74) is -1.23. The monoisotopic (exact) mass is 336 g/mol. The first-order chi connectivity index (χ1) is 8.82. The molecule has 19 heavy (non-hydrogen) atoms. The third kappa shape index (κ3) is 2.67. The molecule has 1 aromatic carbocycles. The van der Waals surface area contributed by atoms with Gasteiger partial charge < -0.3 is 4.98 Å². The Morgan fingerprint density at radius 3 is 2.53 bits per heavy atom. The number of hydrogen-bond donors (Lipinski definition) is 1. The van der Waals surface area contributed by atoms with E-state index in [2.05, 4.69) is 25.9 Å². The molecule has 1 N–H and O–H groups in total. The molecule has 0 bridgehead atoms. The molecule has 0 unspecified atom stereocenters. The van der Waals surface area contributed by atoms with Crippen LogP contribution in [0.3, 0.4) is 0 Å². The highest BCUT2D eigenvalue weighted by molar-refractivity contribution is 9.10. The molecular weight excluding hydrogens is 332 g/mol. The minimum atomic E-state index is -4.80. The second kappa shape index (κ2) is 4.76. The molecule has 0 amide bonds. The lowest BCUT2D eigenvalue weighted by molar-refractivity contribution is -0.139. The van der Waals surface area contributed by atoms with E-state index in [-0.39, 0.29) is 21.7 Å². The summed E-state index contributed by atoms with van der Waals surface area (Å²) in [5.74, 6) is -1.40. The van der Waals surface area contributed by atoms with Crippen LogP contribution in [-0.2, 0) is 6.18 Å².